The van der Waals surface area contributed by atoms with Gasteiger partial charge < -0.3 is 24.3 Å². The summed E-state index contributed by atoms with van der Waals surface area (Å²) in [5, 5.41) is 2.72. The lowest BCUT2D eigenvalue weighted by molar-refractivity contribution is -0.123. The van der Waals surface area contributed by atoms with Gasteiger partial charge in [-0.15, -0.1) is 0 Å². The number of hydrogen-bond acceptors (Lipinski definition) is 7. The summed E-state index contributed by atoms with van der Waals surface area (Å²) in [4.78, 5) is 27.1. The zero-order chi connectivity index (χ0) is 20.9. The summed E-state index contributed by atoms with van der Waals surface area (Å²) in [5.41, 5.74) is 2.06. The molecular formula is C22H24N2O6. The summed E-state index contributed by atoms with van der Waals surface area (Å²) in [6, 6.07) is 12.3. The SMILES string of the molecule is C[C@H](OC(=O)c1ccc(CN2CCOCC2)cc1)C(=O)Nc1ccc2c(c1)OCO2. The van der Waals surface area contributed by atoms with E-state index in [1.54, 1.807) is 30.3 Å². The van der Waals surface area contributed by atoms with Gasteiger partial charge in [-0.2, -0.15) is 0 Å². The highest BCUT2D eigenvalue weighted by Gasteiger charge is 2.21. The Morgan fingerprint density at radius 3 is 2.57 bits per heavy atom. The second-order valence-corrected chi connectivity index (χ2v) is 7.19. The third-order valence-corrected chi connectivity index (χ3v) is 4.99. The summed E-state index contributed by atoms with van der Waals surface area (Å²) >= 11 is 0. The first-order chi connectivity index (χ1) is 14.6. The second kappa shape index (κ2) is 9.15. The molecule has 0 aromatic heterocycles. The van der Waals surface area contributed by atoms with Gasteiger partial charge in [-0.05, 0) is 36.8 Å². The lowest BCUT2D eigenvalue weighted by Crippen LogP contribution is -2.35. The minimum atomic E-state index is -0.948. The Balaban J connectivity index is 1.29. The molecule has 1 amide bonds. The smallest absolute Gasteiger partial charge is 0.338 e. The van der Waals surface area contributed by atoms with Gasteiger partial charge >= 0.3 is 5.97 Å². The maximum absolute atomic E-state index is 12.4. The summed E-state index contributed by atoms with van der Waals surface area (Å²) in [6.07, 6.45) is -0.948. The lowest BCUT2D eigenvalue weighted by atomic mass is 10.1. The van der Waals surface area contributed by atoms with Crippen molar-refractivity contribution in [1.82, 2.24) is 4.90 Å². The van der Waals surface area contributed by atoms with Crippen LogP contribution in [0, 0.1) is 0 Å². The first kappa shape index (κ1) is 20.2. The number of carbonyl (C=O) groups is 2. The van der Waals surface area contributed by atoms with Crippen LogP contribution in [0.4, 0.5) is 5.69 Å². The molecule has 2 aliphatic rings. The molecule has 0 radical (unpaired) electrons. The van der Waals surface area contributed by atoms with Gasteiger partial charge in [0.2, 0.25) is 6.79 Å². The number of nitrogens with zero attached hydrogens (tertiary/aromatic N) is 1. The summed E-state index contributed by atoms with van der Waals surface area (Å²) in [7, 11) is 0. The number of fused-ring (bicyclic) bond motifs is 1. The van der Waals surface area contributed by atoms with Crippen molar-refractivity contribution in [3.8, 4) is 11.5 Å². The van der Waals surface area contributed by atoms with Crippen LogP contribution in [-0.2, 0) is 20.8 Å². The fraction of sp³-hybridized carbons (Fsp3) is 0.364. The van der Waals surface area contributed by atoms with Gasteiger partial charge in [0.25, 0.3) is 5.91 Å². The molecule has 2 aliphatic heterocycles. The molecule has 1 saturated heterocycles. The fourth-order valence-corrected chi connectivity index (χ4v) is 3.26. The second-order valence-electron chi connectivity index (χ2n) is 7.19. The minimum absolute atomic E-state index is 0.159. The molecule has 8 nitrogen and oxygen atoms in total. The third-order valence-electron chi connectivity index (χ3n) is 4.99. The highest BCUT2D eigenvalue weighted by atomic mass is 16.7. The Kier molecular flexibility index (Phi) is 6.15. The van der Waals surface area contributed by atoms with E-state index in [4.69, 9.17) is 18.9 Å². The van der Waals surface area contributed by atoms with E-state index in [0.29, 0.717) is 22.7 Å². The standard InChI is InChI=1S/C22H24N2O6/c1-15(21(25)23-18-6-7-19-20(12-18)29-14-28-19)30-22(26)17-4-2-16(3-5-17)13-24-8-10-27-11-9-24/h2-7,12,15H,8-11,13-14H2,1H3,(H,23,25)/t15-/m0/s1. The van der Waals surface area contributed by atoms with E-state index in [9.17, 15) is 9.59 Å². The van der Waals surface area contributed by atoms with Crippen molar-refractivity contribution in [2.24, 2.45) is 0 Å². The van der Waals surface area contributed by atoms with E-state index in [-0.39, 0.29) is 6.79 Å². The molecule has 2 heterocycles. The molecule has 0 spiro atoms. The molecule has 158 valence electrons. The number of benzene rings is 2. The predicted octanol–water partition coefficient (Wildman–Crippen LogP) is 2.43. The van der Waals surface area contributed by atoms with Crippen molar-refractivity contribution >= 4 is 17.6 Å². The predicted molar refractivity (Wildman–Crippen MR) is 109 cm³/mol. The van der Waals surface area contributed by atoms with E-state index in [1.807, 2.05) is 12.1 Å². The third kappa shape index (κ3) is 4.90. The molecule has 4 rings (SSSR count). The summed E-state index contributed by atoms with van der Waals surface area (Å²) in [6.45, 7) is 5.80. The zero-order valence-corrected chi connectivity index (χ0v) is 16.8. The average molecular weight is 412 g/mol. The molecule has 2 aromatic rings. The maximum Gasteiger partial charge on any atom is 0.338 e. The minimum Gasteiger partial charge on any atom is -0.454 e. The highest BCUT2D eigenvalue weighted by Crippen LogP contribution is 2.34. The van der Waals surface area contributed by atoms with Gasteiger partial charge in [-0.3, -0.25) is 9.69 Å². The van der Waals surface area contributed by atoms with E-state index >= 15 is 0 Å². The topological polar surface area (TPSA) is 86.3 Å². The van der Waals surface area contributed by atoms with Gasteiger partial charge in [0.05, 0.1) is 18.8 Å². The first-order valence-electron chi connectivity index (χ1n) is 9.89. The Morgan fingerprint density at radius 1 is 1.07 bits per heavy atom. The monoisotopic (exact) mass is 412 g/mol. The Hall–Kier alpha value is -3.10. The molecule has 1 fully saturated rings. The molecule has 0 saturated carbocycles. The molecule has 1 atom stereocenters. The number of ether oxygens (including phenoxy) is 4. The Morgan fingerprint density at radius 2 is 1.80 bits per heavy atom. The number of carbonyl (C=O) groups excluding carboxylic acids is 2. The van der Waals surface area contributed by atoms with Crippen LogP contribution in [0.25, 0.3) is 0 Å². The number of morpholine rings is 1. The van der Waals surface area contributed by atoms with Gasteiger partial charge in [0, 0.05) is 31.4 Å². The number of nitrogens with one attached hydrogen (secondary N) is 1. The van der Waals surface area contributed by atoms with Gasteiger partial charge in [-0.1, -0.05) is 12.1 Å². The molecule has 30 heavy (non-hydrogen) atoms. The van der Waals surface area contributed by atoms with Crippen molar-refractivity contribution in [2.45, 2.75) is 19.6 Å². The normalized spacial score (nSPS) is 16.7. The molecular weight excluding hydrogens is 388 g/mol. The van der Waals surface area contributed by atoms with Crippen molar-refractivity contribution in [3.63, 3.8) is 0 Å². The van der Waals surface area contributed by atoms with E-state index in [1.165, 1.54) is 6.92 Å². The number of amides is 1. The number of esters is 1. The Bertz CT molecular complexity index is 908. The molecule has 0 bridgehead atoms. The van der Waals surface area contributed by atoms with Crippen molar-refractivity contribution < 1.29 is 28.5 Å². The molecule has 8 heteroatoms. The maximum atomic E-state index is 12.4. The van der Waals surface area contributed by atoms with E-state index in [2.05, 4.69) is 10.2 Å². The number of anilines is 1. The van der Waals surface area contributed by atoms with Crippen molar-refractivity contribution in [2.75, 3.05) is 38.4 Å². The summed E-state index contributed by atoms with van der Waals surface area (Å²) < 4.78 is 21.2. The van der Waals surface area contributed by atoms with Crippen LogP contribution in [0.3, 0.4) is 0 Å². The lowest BCUT2D eigenvalue weighted by Gasteiger charge is -2.26. The van der Waals surface area contributed by atoms with Gasteiger partial charge in [0.1, 0.15) is 0 Å². The van der Waals surface area contributed by atoms with Crippen LogP contribution in [-0.4, -0.2) is 56.0 Å². The van der Waals surface area contributed by atoms with Crippen LogP contribution in [0.2, 0.25) is 0 Å². The molecule has 1 N–H and O–H groups in total. The average Bonchev–Trinajstić information content (AvgIpc) is 3.23. The quantitative estimate of drug-likeness (QED) is 0.730. The largest absolute Gasteiger partial charge is 0.454 e. The van der Waals surface area contributed by atoms with Crippen LogP contribution < -0.4 is 14.8 Å². The highest BCUT2D eigenvalue weighted by molar-refractivity contribution is 5.97. The van der Waals surface area contributed by atoms with Crippen LogP contribution in [0.5, 0.6) is 11.5 Å². The van der Waals surface area contributed by atoms with E-state index in [0.717, 1.165) is 38.4 Å². The van der Waals surface area contributed by atoms with Crippen LogP contribution >= 0.6 is 0 Å². The number of hydrogen-bond donors (Lipinski definition) is 1. The van der Waals surface area contributed by atoms with Crippen molar-refractivity contribution in [1.29, 1.82) is 0 Å². The first-order valence-corrected chi connectivity index (χ1v) is 9.89. The van der Waals surface area contributed by atoms with Crippen LogP contribution in [0.1, 0.15) is 22.8 Å². The van der Waals surface area contributed by atoms with Crippen LogP contribution in [0.15, 0.2) is 42.5 Å². The van der Waals surface area contributed by atoms with Crippen molar-refractivity contribution in [3.05, 3.63) is 53.6 Å². The summed E-state index contributed by atoms with van der Waals surface area (Å²) in [5.74, 6) is 0.228. The van der Waals surface area contributed by atoms with E-state index < -0.39 is 18.0 Å². The molecule has 0 unspecified atom stereocenters. The molecule has 2 aromatic carbocycles. The van der Waals surface area contributed by atoms with Gasteiger partial charge in [-0.25, -0.2) is 4.79 Å². The molecule has 0 aliphatic carbocycles. The Labute approximate surface area is 174 Å². The zero-order valence-electron chi connectivity index (χ0n) is 16.8. The fourth-order valence-electron chi connectivity index (χ4n) is 3.26. The van der Waals surface area contributed by atoms with Gasteiger partial charge in [0.15, 0.2) is 17.6 Å². The number of rotatable bonds is 6.